The Kier molecular flexibility index (Phi) is 3.56. The SMILES string of the molecule is C#Cc1c(O)cc(O)cc1O.[Li]. The van der Waals surface area contributed by atoms with Gasteiger partial charge in [0.25, 0.3) is 0 Å². The van der Waals surface area contributed by atoms with E-state index in [1.54, 1.807) is 0 Å². The fourth-order valence-corrected chi connectivity index (χ4v) is 0.745. The van der Waals surface area contributed by atoms with Crippen molar-refractivity contribution in [3.8, 4) is 29.6 Å². The van der Waals surface area contributed by atoms with Gasteiger partial charge in [0.2, 0.25) is 0 Å². The van der Waals surface area contributed by atoms with Crippen LogP contribution in [0.15, 0.2) is 12.1 Å². The Morgan fingerprint density at radius 1 is 1.08 bits per heavy atom. The number of hydrogen-bond donors (Lipinski definition) is 3. The van der Waals surface area contributed by atoms with Crippen molar-refractivity contribution >= 4 is 18.9 Å². The maximum atomic E-state index is 9.01. The first-order valence-corrected chi connectivity index (χ1v) is 2.86. The van der Waals surface area contributed by atoms with Crippen molar-refractivity contribution in [2.24, 2.45) is 0 Å². The molecule has 1 aromatic rings. The standard InChI is InChI=1S/C8H6O3.Li/c1-2-6-7(10)3-5(9)4-8(6)11;/h1,3-4,9-11H;. The van der Waals surface area contributed by atoms with Crippen molar-refractivity contribution in [1.29, 1.82) is 0 Å². The monoisotopic (exact) mass is 157 g/mol. The van der Waals surface area contributed by atoms with Crippen LogP contribution in [0.1, 0.15) is 5.56 Å². The molecule has 57 valence electrons. The maximum absolute atomic E-state index is 9.01. The molecule has 0 spiro atoms. The van der Waals surface area contributed by atoms with E-state index >= 15 is 0 Å². The van der Waals surface area contributed by atoms with Gasteiger partial charge in [0, 0.05) is 31.0 Å². The van der Waals surface area contributed by atoms with E-state index in [-0.39, 0.29) is 41.7 Å². The number of phenolic OH excluding ortho intramolecular Hbond substituents is 3. The summed E-state index contributed by atoms with van der Waals surface area (Å²) < 4.78 is 0. The number of rotatable bonds is 0. The van der Waals surface area contributed by atoms with Crippen molar-refractivity contribution < 1.29 is 15.3 Å². The van der Waals surface area contributed by atoms with E-state index in [1.165, 1.54) is 0 Å². The van der Waals surface area contributed by atoms with Gasteiger partial charge in [-0.2, -0.15) is 0 Å². The molecule has 0 aliphatic rings. The number of terminal acetylenes is 1. The molecule has 0 fully saturated rings. The van der Waals surface area contributed by atoms with E-state index in [1.807, 2.05) is 0 Å². The van der Waals surface area contributed by atoms with Crippen molar-refractivity contribution in [1.82, 2.24) is 0 Å². The van der Waals surface area contributed by atoms with Gasteiger partial charge in [0.1, 0.15) is 22.8 Å². The molecule has 0 atom stereocenters. The molecule has 3 N–H and O–H groups in total. The average molecular weight is 157 g/mol. The Labute approximate surface area is 81.8 Å². The van der Waals surface area contributed by atoms with Gasteiger partial charge < -0.3 is 15.3 Å². The minimum atomic E-state index is -0.301. The summed E-state index contributed by atoms with van der Waals surface area (Å²) >= 11 is 0. The first-order valence-electron chi connectivity index (χ1n) is 2.86. The molecule has 0 aliphatic heterocycles. The van der Waals surface area contributed by atoms with Crippen LogP contribution in [0, 0.1) is 12.3 Å². The van der Waals surface area contributed by atoms with Gasteiger partial charge in [-0.25, -0.2) is 0 Å². The predicted octanol–water partition coefficient (Wildman–Crippen LogP) is 0.404. The average Bonchev–Trinajstić information content (AvgIpc) is 1.85. The van der Waals surface area contributed by atoms with Crippen LogP contribution >= 0.6 is 0 Å². The van der Waals surface area contributed by atoms with E-state index < -0.39 is 0 Å². The maximum Gasteiger partial charge on any atom is 0.138 e. The zero-order valence-electron chi connectivity index (χ0n) is 6.57. The molecule has 0 bridgehead atoms. The van der Waals surface area contributed by atoms with Gasteiger partial charge in [-0.15, -0.1) is 6.42 Å². The van der Waals surface area contributed by atoms with Gasteiger partial charge in [0.05, 0.1) is 0 Å². The van der Waals surface area contributed by atoms with Gasteiger partial charge in [-0.1, -0.05) is 5.92 Å². The number of phenols is 3. The summed E-state index contributed by atoms with van der Waals surface area (Å²) in [6, 6.07) is 2.13. The van der Waals surface area contributed by atoms with Gasteiger partial charge in [0.15, 0.2) is 0 Å². The van der Waals surface area contributed by atoms with Crippen LogP contribution in [0.5, 0.6) is 17.2 Å². The normalized spacial score (nSPS) is 8.25. The molecule has 0 amide bonds. The summed E-state index contributed by atoms with van der Waals surface area (Å²) in [5.74, 6) is 1.25. The Morgan fingerprint density at radius 3 is 1.83 bits per heavy atom. The molecule has 0 heterocycles. The zero-order chi connectivity index (χ0) is 8.43. The first-order chi connectivity index (χ1) is 5.15. The molecule has 1 radical (unpaired) electrons. The summed E-state index contributed by atoms with van der Waals surface area (Å²) in [5, 5.41) is 26.8. The second-order valence-corrected chi connectivity index (χ2v) is 2.00. The Morgan fingerprint density at radius 2 is 1.50 bits per heavy atom. The number of aromatic hydroxyl groups is 3. The third kappa shape index (κ3) is 1.89. The van der Waals surface area contributed by atoms with Gasteiger partial charge in [-0.3, -0.25) is 0 Å². The second-order valence-electron chi connectivity index (χ2n) is 2.00. The van der Waals surface area contributed by atoms with E-state index in [9.17, 15) is 0 Å². The van der Waals surface area contributed by atoms with Gasteiger partial charge in [-0.05, 0) is 0 Å². The van der Waals surface area contributed by atoms with E-state index in [0.29, 0.717) is 0 Å². The van der Waals surface area contributed by atoms with Crippen LogP contribution in [-0.4, -0.2) is 34.2 Å². The predicted molar refractivity (Wildman–Crippen MR) is 45.1 cm³/mol. The van der Waals surface area contributed by atoms with Crippen molar-refractivity contribution in [3.05, 3.63) is 17.7 Å². The van der Waals surface area contributed by atoms with Crippen LogP contribution < -0.4 is 0 Å². The first kappa shape index (κ1) is 10.8. The number of hydrogen-bond acceptors (Lipinski definition) is 3. The van der Waals surface area contributed by atoms with Crippen LogP contribution in [0.3, 0.4) is 0 Å². The second kappa shape index (κ2) is 3.97. The molecule has 0 aromatic heterocycles. The van der Waals surface area contributed by atoms with Crippen molar-refractivity contribution in [3.63, 3.8) is 0 Å². The Hall–Kier alpha value is -1.22. The molecular weight excluding hydrogens is 151 g/mol. The van der Waals surface area contributed by atoms with Crippen LogP contribution in [0.2, 0.25) is 0 Å². The molecule has 1 aromatic carbocycles. The summed E-state index contributed by atoms with van der Waals surface area (Å²) in [6.45, 7) is 0. The molecular formula is C8H6LiO3. The summed E-state index contributed by atoms with van der Waals surface area (Å²) in [5.41, 5.74) is -0.0113. The Bertz CT molecular complexity index is 305. The molecule has 0 unspecified atom stereocenters. The third-order valence-electron chi connectivity index (χ3n) is 1.23. The van der Waals surface area contributed by atoms with Crippen molar-refractivity contribution in [2.75, 3.05) is 0 Å². The molecule has 0 saturated heterocycles. The van der Waals surface area contributed by atoms with E-state index in [2.05, 4.69) is 5.92 Å². The largest absolute Gasteiger partial charge is 0.508 e. The summed E-state index contributed by atoms with van der Waals surface area (Å²) in [4.78, 5) is 0. The Balaban J connectivity index is 0.00000121. The third-order valence-corrected chi connectivity index (χ3v) is 1.23. The quantitative estimate of drug-likeness (QED) is 0.377. The zero-order valence-corrected chi connectivity index (χ0v) is 6.57. The summed E-state index contributed by atoms with van der Waals surface area (Å²) in [6.07, 6.45) is 4.95. The van der Waals surface area contributed by atoms with Crippen molar-refractivity contribution in [2.45, 2.75) is 0 Å². The van der Waals surface area contributed by atoms with Crippen LogP contribution in [0.25, 0.3) is 0 Å². The minimum Gasteiger partial charge on any atom is -0.508 e. The topological polar surface area (TPSA) is 60.7 Å². The molecule has 4 heteroatoms. The van der Waals surface area contributed by atoms with E-state index in [4.69, 9.17) is 21.7 Å². The summed E-state index contributed by atoms with van der Waals surface area (Å²) in [7, 11) is 0. The molecule has 12 heavy (non-hydrogen) atoms. The number of benzene rings is 1. The molecule has 0 aliphatic carbocycles. The molecule has 0 saturated carbocycles. The van der Waals surface area contributed by atoms with Gasteiger partial charge >= 0.3 is 0 Å². The van der Waals surface area contributed by atoms with E-state index in [0.717, 1.165) is 12.1 Å². The fourth-order valence-electron chi connectivity index (χ4n) is 0.745. The van der Waals surface area contributed by atoms with Crippen LogP contribution in [0.4, 0.5) is 0 Å². The fraction of sp³-hybridized carbons (Fsp3) is 0. The minimum absolute atomic E-state index is 0. The molecule has 1 rings (SSSR count). The van der Waals surface area contributed by atoms with Crippen LogP contribution in [-0.2, 0) is 0 Å². The molecule has 3 nitrogen and oxygen atoms in total. The smallest absolute Gasteiger partial charge is 0.138 e.